The highest BCUT2D eigenvalue weighted by Crippen LogP contribution is 2.39. The molecule has 1 aliphatic carbocycles. The molecule has 1 atom stereocenters. The summed E-state index contributed by atoms with van der Waals surface area (Å²) in [4.78, 5) is 23.5. The maximum Gasteiger partial charge on any atom is 0.225 e. The highest BCUT2D eigenvalue weighted by molar-refractivity contribution is 5.76. The first kappa shape index (κ1) is 21.7. The van der Waals surface area contributed by atoms with Crippen molar-refractivity contribution < 1.29 is 14.1 Å². The summed E-state index contributed by atoms with van der Waals surface area (Å²) in [6, 6.07) is 1.94. The molecule has 2 aromatic heterocycles. The first-order valence-electron chi connectivity index (χ1n) is 11.4. The van der Waals surface area contributed by atoms with Crippen LogP contribution < -0.4 is 10.2 Å². The number of nitrogens with one attached hydrogen (secondary N) is 1. The van der Waals surface area contributed by atoms with Crippen molar-refractivity contribution >= 4 is 11.9 Å². The highest BCUT2D eigenvalue weighted by atomic mass is 16.5. The number of amides is 1. The molecule has 3 heterocycles. The Kier molecular flexibility index (Phi) is 6.85. The lowest BCUT2D eigenvalue weighted by molar-refractivity contribution is -0.123. The molecule has 2 aliphatic rings. The van der Waals surface area contributed by atoms with Crippen LogP contribution in [-0.4, -0.2) is 54.4 Å². The number of carbonyl (C=O) groups excluding carboxylic acids is 1. The number of rotatable bonds is 7. The van der Waals surface area contributed by atoms with Crippen molar-refractivity contribution in [2.24, 2.45) is 5.92 Å². The molecule has 1 amide bonds. The van der Waals surface area contributed by atoms with E-state index in [1.54, 1.807) is 0 Å². The van der Waals surface area contributed by atoms with Crippen molar-refractivity contribution in [3.8, 4) is 11.3 Å². The fourth-order valence-electron chi connectivity index (χ4n) is 4.57. The van der Waals surface area contributed by atoms with Gasteiger partial charge >= 0.3 is 0 Å². The average molecular weight is 428 g/mol. The Balaban J connectivity index is 1.37. The molecule has 0 radical (unpaired) electrons. The number of carbonyl (C=O) groups is 1. The van der Waals surface area contributed by atoms with Gasteiger partial charge in [0.1, 0.15) is 0 Å². The fraction of sp³-hybridized carbons (Fsp3) is 0.652. The van der Waals surface area contributed by atoms with E-state index in [0.29, 0.717) is 24.2 Å². The summed E-state index contributed by atoms with van der Waals surface area (Å²) in [7, 11) is 3.90. The van der Waals surface area contributed by atoms with Gasteiger partial charge in [0.2, 0.25) is 11.9 Å². The molecule has 31 heavy (non-hydrogen) atoms. The van der Waals surface area contributed by atoms with Gasteiger partial charge in [-0.3, -0.25) is 4.79 Å². The van der Waals surface area contributed by atoms with Crippen LogP contribution in [0.4, 0.5) is 5.95 Å². The predicted octanol–water partition coefficient (Wildman–Crippen LogP) is 3.47. The minimum Gasteiger partial charge on any atom is -0.378 e. The zero-order valence-corrected chi connectivity index (χ0v) is 18.8. The maximum absolute atomic E-state index is 12.2. The van der Waals surface area contributed by atoms with Crippen molar-refractivity contribution in [1.82, 2.24) is 20.4 Å². The van der Waals surface area contributed by atoms with E-state index in [-0.39, 0.29) is 12.0 Å². The molecule has 1 saturated heterocycles. The van der Waals surface area contributed by atoms with Gasteiger partial charge in [0.05, 0.1) is 29.5 Å². The largest absolute Gasteiger partial charge is 0.378 e. The predicted molar refractivity (Wildman–Crippen MR) is 118 cm³/mol. The zero-order chi connectivity index (χ0) is 21.8. The van der Waals surface area contributed by atoms with Crippen molar-refractivity contribution in [1.29, 1.82) is 0 Å². The van der Waals surface area contributed by atoms with E-state index >= 15 is 0 Å². The summed E-state index contributed by atoms with van der Waals surface area (Å²) in [5.74, 6) is 2.40. The lowest BCUT2D eigenvalue weighted by Crippen LogP contribution is -2.33. The van der Waals surface area contributed by atoms with Crippen LogP contribution in [0.2, 0.25) is 0 Å². The number of hydrogen-bond donors (Lipinski definition) is 1. The van der Waals surface area contributed by atoms with Crippen LogP contribution in [0.3, 0.4) is 0 Å². The molecular weight excluding hydrogens is 394 g/mol. The normalized spacial score (nSPS) is 23.6. The molecule has 1 N–H and O–H groups in total. The van der Waals surface area contributed by atoms with Crippen molar-refractivity contribution in [3.05, 3.63) is 23.7 Å². The van der Waals surface area contributed by atoms with Crippen molar-refractivity contribution in [3.63, 3.8) is 0 Å². The molecule has 1 aliphatic heterocycles. The second kappa shape index (κ2) is 9.77. The number of anilines is 1. The average Bonchev–Trinajstić information content (AvgIpc) is 3.44. The van der Waals surface area contributed by atoms with Gasteiger partial charge in [0.15, 0.2) is 5.76 Å². The molecule has 2 aromatic rings. The molecule has 0 spiro atoms. The second-order valence-corrected chi connectivity index (χ2v) is 9.06. The number of aromatic nitrogens is 3. The molecular formula is C23H33N5O3. The van der Waals surface area contributed by atoms with Gasteiger partial charge < -0.3 is 19.5 Å². The van der Waals surface area contributed by atoms with Crippen LogP contribution in [0.15, 0.2) is 16.8 Å². The fourth-order valence-corrected chi connectivity index (χ4v) is 4.57. The number of nitrogens with zero attached hydrogens (tertiary/aromatic N) is 4. The van der Waals surface area contributed by atoms with Gasteiger partial charge in [-0.2, -0.15) is 0 Å². The Morgan fingerprint density at radius 3 is 2.68 bits per heavy atom. The summed E-state index contributed by atoms with van der Waals surface area (Å²) < 4.78 is 11.1. The minimum absolute atomic E-state index is 0.109. The van der Waals surface area contributed by atoms with E-state index < -0.39 is 0 Å². The Labute approximate surface area is 183 Å². The van der Waals surface area contributed by atoms with Crippen LogP contribution in [-0.2, 0) is 9.53 Å². The molecule has 1 saturated carbocycles. The van der Waals surface area contributed by atoms with Crippen LogP contribution >= 0.6 is 0 Å². The third-order valence-corrected chi connectivity index (χ3v) is 6.36. The van der Waals surface area contributed by atoms with Crippen LogP contribution in [0.25, 0.3) is 11.3 Å². The van der Waals surface area contributed by atoms with E-state index in [4.69, 9.17) is 14.2 Å². The van der Waals surface area contributed by atoms with Crippen LogP contribution in [0.5, 0.6) is 0 Å². The lowest BCUT2D eigenvalue weighted by atomic mass is 9.79. The van der Waals surface area contributed by atoms with Crippen LogP contribution in [0, 0.1) is 12.8 Å². The Hall–Kier alpha value is -2.48. The zero-order valence-electron chi connectivity index (χ0n) is 18.8. The third kappa shape index (κ3) is 5.42. The first-order chi connectivity index (χ1) is 15.0. The molecule has 4 rings (SSSR count). The van der Waals surface area contributed by atoms with Gasteiger partial charge in [-0.25, -0.2) is 9.97 Å². The Bertz CT molecular complexity index is 883. The van der Waals surface area contributed by atoms with E-state index in [1.165, 1.54) is 0 Å². The quantitative estimate of drug-likeness (QED) is 0.723. The Morgan fingerprint density at radius 2 is 2.03 bits per heavy atom. The summed E-state index contributed by atoms with van der Waals surface area (Å²) in [5, 5.41) is 7.16. The monoisotopic (exact) mass is 427 g/mol. The van der Waals surface area contributed by atoms with E-state index in [2.05, 4.69) is 15.5 Å². The molecule has 0 bridgehead atoms. The molecule has 8 nitrogen and oxygen atoms in total. The first-order valence-corrected chi connectivity index (χ1v) is 11.4. The van der Waals surface area contributed by atoms with Gasteiger partial charge in [0, 0.05) is 45.4 Å². The Morgan fingerprint density at radius 1 is 1.23 bits per heavy atom. The van der Waals surface area contributed by atoms with Gasteiger partial charge in [-0.15, -0.1) is 0 Å². The van der Waals surface area contributed by atoms with Crippen LogP contribution in [0.1, 0.15) is 62.3 Å². The smallest absolute Gasteiger partial charge is 0.225 e. The van der Waals surface area contributed by atoms with Crippen molar-refractivity contribution in [2.45, 2.75) is 63.9 Å². The molecule has 0 aromatic carbocycles. The molecule has 168 valence electrons. The number of ether oxygens (including phenoxy) is 1. The summed E-state index contributed by atoms with van der Waals surface area (Å²) in [6.45, 7) is 3.45. The maximum atomic E-state index is 12.2. The SMILES string of the molecule is Cc1cc(-c2cnc(N(C)C)nc2C2CCC(CNC(=O)C[C@H]3CCCO3)CC2)on1. The van der Waals surface area contributed by atoms with Gasteiger partial charge in [-0.1, -0.05) is 5.16 Å². The van der Waals surface area contributed by atoms with E-state index in [1.807, 2.05) is 38.2 Å². The van der Waals surface area contributed by atoms with Gasteiger partial charge in [0.25, 0.3) is 0 Å². The van der Waals surface area contributed by atoms with Gasteiger partial charge in [-0.05, 0) is 51.4 Å². The van der Waals surface area contributed by atoms with E-state index in [9.17, 15) is 4.79 Å². The molecule has 0 unspecified atom stereocenters. The summed E-state index contributed by atoms with van der Waals surface area (Å²) in [5.41, 5.74) is 2.82. The summed E-state index contributed by atoms with van der Waals surface area (Å²) >= 11 is 0. The topological polar surface area (TPSA) is 93.4 Å². The van der Waals surface area contributed by atoms with Crippen molar-refractivity contribution in [2.75, 3.05) is 32.1 Å². The van der Waals surface area contributed by atoms with E-state index in [0.717, 1.165) is 74.4 Å². The second-order valence-electron chi connectivity index (χ2n) is 9.06. The standard InChI is InChI=1S/C23H33N5O3/c1-15-11-20(31-27-15)19-14-25-23(28(2)3)26-22(19)17-8-6-16(7-9-17)13-24-21(29)12-18-5-4-10-30-18/h11,14,16-18H,4-10,12-13H2,1-3H3,(H,24,29)/t16?,17?,18-/m1/s1. The molecule has 2 fully saturated rings. The minimum atomic E-state index is 0.109. The third-order valence-electron chi connectivity index (χ3n) is 6.36. The number of hydrogen-bond acceptors (Lipinski definition) is 7. The highest BCUT2D eigenvalue weighted by Gasteiger charge is 2.28. The summed E-state index contributed by atoms with van der Waals surface area (Å²) in [6.07, 6.45) is 8.74. The molecule has 8 heteroatoms. The lowest BCUT2D eigenvalue weighted by Gasteiger charge is -2.29. The number of aryl methyl sites for hydroxylation is 1.